The molecule has 1 aliphatic heterocycles. The molecule has 180 valence electrons. The van der Waals surface area contributed by atoms with Crippen molar-refractivity contribution in [1.29, 1.82) is 5.26 Å². The number of esters is 3. The first-order chi connectivity index (χ1) is 16.3. The Morgan fingerprint density at radius 3 is 2.47 bits per heavy atom. The molecular weight excluding hydrogens is 448 g/mol. The highest BCUT2D eigenvalue weighted by molar-refractivity contribution is 5.83. The standard InChI is InChI=1S/C21H24N6O7/c1-10(28)31-8-14-17(32-11(2)29)18(33-12(3)30)21(34-14)27-9-24-16-19(23-7-13-4-5-13)25-15(6-22)26-20(16)27/h9,13-14,17-18,21H,4-5,7-8H2,1-3H3,(H,23,25,26). The van der Waals surface area contributed by atoms with Gasteiger partial charge in [-0.1, -0.05) is 0 Å². The number of aromatic nitrogens is 4. The first-order valence-corrected chi connectivity index (χ1v) is 10.8. The van der Waals surface area contributed by atoms with Crippen molar-refractivity contribution in [3.05, 3.63) is 12.2 Å². The summed E-state index contributed by atoms with van der Waals surface area (Å²) in [6, 6.07) is 1.93. The van der Waals surface area contributed by atoms with Gasteiger partial charge < -0.3 is 24.3 Å². The van der Waals surface area contributed by atoms with Gasteiger partial charge in [-0.15, -0.1) is 0 Å². The lowest BCUT2D eigenvalue weighted by molar-refractivity contribution is -0.166. The molecule has 4 unspecified atom stereocenters. The largest absolute Gasteiger partial charge is 0.463 e. The number of nitriles is 1. The van der Waals surface area contributed by atoms with Gasteiger partial charge in [0.2, 0.25) is 5.82 Å². The molecule has 1 saturated carbocycles. The molecule has 0 bridgehead atoms. The number of hydrogen-bond acceptors (Lipinski definition) is 12. The Labute approximate surface area is 194 Å². The summed E-state index contributed by atoms with van der Waals surface area (Å²) in [7, 11) is 0. The predicted octanol–water partition coefficient (Wildman–Crippen LogP) is 0.844. The molecular formula is C21H24N6O7. The highest BCUT2D eigenvalue weighted by Gasteiger charge is 2.51. The van der Waals surface area contributed by atoms with E-state index in [9.17, 15) is 19.6 Å². The van der Waals surface area contributed by atoms with E-state index in [1.807, 2.05) is 6.07 Å². The zero-order chi connectivity index (χ0) is 24.4. The van der Waals surface area contributed by atoms with Crippen molar-refractivity contribution >= 4 is 34.9 Å². The van der Waals surface area contributed by atoms with Gasteiger partial charge in [-0.2, -0.15) is 15.2 Å². The molecule has 0 spiro atoms. The Kier molecular flexibility index (Phi) is 6.60. The monoisotopic (exact) mass is 472 g/mol. The number of carbonyl (C=O) groups excluding carboxylic acids is 3. The highest BCUT2D eigenvalue weighted by Crippen LogP contribution is 2.37. The molecule has 2 aromatic heterocycles. The normalized spacial score (nSPS) is 23.8. The van der Waals surface area contributed by atoms with Crippen LogP contribution in [0.25, 0.3) is 11.2 Å². The van der Waals surface area contributed by atoms with Crippen molar-refractivity contribution in [3.8, 4) is 6.07 Å². The van der Waals surface area contributed by atoms with Crippen molar-refractivity contribution in [3.63, 3.8) is 0 Å². The summed E-state index contributed by atoms with van der Waals surface area (Å²) in [4.78, 5) is 47.9. The SMILES string of the molecule is CC(=O)OCC1OC(n2cnc3c(NCC4CC4)nc(C#N)nc32)C(OC(C)=O)C1OC(C)=O. The van der Waals surface area contributed by atoms with Crippen molar-refractivity contribution in [2.45, 2.75) is 58.2 Å². The second kappa shape index (κ2) is 9.60. The molecule has 34 heavy (non-hydrogen) atoms. The number of nitrogens with zero attached hydrogens (tertiary/aromatic N) is 5. The smallest absolute Gasteiger partial charge is 0.303 e. The van der Waals surface area contributed by atoms with Gasteiger partial charge in [-0.25, -0.2) is 4.98 Å². The van der Waals surface area contributed by atoms with E-state index in [0.717, 1.165) is 12.8 Å². The fraction of sp³-hybridized carbons (Fsp3) is 0.571. The Balaban J connectivity index is 1.73. The fourth-order valence-corrected chi connectivity index (χ4v) is 3.76. The molecule has 1 aliphatic carbocycles. The molecule has 4 rings (SSSR count). The number of nitrogens with one attached hydrogen (secondary N) is 1. The van der Waals surface area contributed by atoms with Crippen LogP contribution in [-0.4, -0.2) is 68.9 Å². The second-order valence-electron chi connectivity index (χ2n) is 8.17. The topological polar surface area (TPSA) is 168 Å². The van der Waals surface area contributed by atoms with E-state index in [2.05, 4.69) is 20.3 Å². The molecule has 0 radical (unpaired) electrons. The van der Waals surface area contributed by atoms with E-state index in [-0.39, 0.29) is 18.1 Å². The van der Waals surface area contributed by atoms with Gasteiger partial charge in [0.05, 0.1) is 6.33 Å². The van der Waals surface area contributed by atoms with E-state index in [1.165, 1.54) is 31.7 Å². The predicted molar refractivity (Wildman–Crippen MR) is 113 cm³/mol. The van der Waals surface area contributed by atoms with Gasteiger partial charge in [0.1, 0.15) is 18.8 Å². The molecule has 1 N–H and O–H groups in total. The molecule has 2 aromatic rings. The number of imidazole rings is 1. The van der Waals surface area contributed by atoms with E-state index in [1.54, 1.807) is 0 Å². The van der Waals surface area contributed by atoms with Crippen LogP contribution in [0.2, 0.25) is 0 Å². The fourth-order valence-electron chi connectivity index (χ4n) is 3.76. The number of rotatable bonds is 8. The third-order valence-electron chi connectivity index (χ3n) is 5.39. The zero-order valence-electron chi connectivity index (χ0n) is 18.9. The Hall–Kier alpha value is -3.79. The van der Waals surface area contributed by atoms with E-state index >= 15 is 0 Å². The molecule has 1 saturated heterocycles. The lowest BCUT2D eigenvalue weighted by Crippen LogP contribution is -2.40. The molecule has 4 atom stereocenters. The maximum absolute atomic E-state index is 11.9. The minimum Gasteiger partial charge on any atom is -0.463 e. The molecule has 13 heteroatoms. The van der Waals surface area contributed by atoms with Crippen LogP contribution in [0, 0.1) is 17.2 Å². The summed E-state index contributed by atoms with van der Waals surface area (Å²) in [5.74, 6) is -0.938. The van der Waals surface area contributed by atoms with Gasteiger partial charge in [0.25, 0.3) is 0 Å². The van der Waals surface area contributed by atoms with Crippen LogP contribution in [0.15, 0.2) is 6.33 Å². The average molecular weight is 472 g/mol. The average Bonchev–Trinajstić information content (AvgIpc) is 3.43. The van der Waals surface area contributed by atoms with Gasteiger partial charge in [0.15, 0.2) is 35.4 Å². The van der Waals surface area contributed by atoms with Crippen LogP contribution in [-0.2, 0) is 33.3 Å². The minimum atomic E-state index is -1.09. The lowest BCUT2D eigenvalue weighted by atomic mass is 10.1. The Morgan fingerprint density at radius 2 is 1.85 bits per heavy atom. The van der Waals surface area contributed by atoms with Gasteiger partial charge >= 0.3 is 17.9 Å². The summed E-state index contributed by atoms with van der Waals surface area (Å²) in [6.45, 7) is 4.11. The third kappa shape index (κ3) is 5.07. The summed E-state index contributed by atoms with van der Waals surface area (Å²) in [5, 5.41) is 12.7. The number of ether oxygens (including phenoxy) is 4. The van der Waals surface area contributed by atoms with Crippen molar-refractivity contribution in [2.75, 3.05) is 18.5 Å². The molecule has 2 aliphatic rings. The Bertz CT molecular complexity index is 1150. The number of anilines is 1. The van der Waals surface area contributed by atoms with Crippen molar-refractivity contribution in [1.82, 2.24) is 19.5 Å². The molecule has 0 aromatic carbocycles. The first kappa shape index (κ1) is 23.4. The van der Waals surface area contributed by atoms with Crippen molar-refractivity contribution in [2.24, 2.45) is 5.92 Å². The van der Waals surface area contributed by atoms with Crippen LogP contribution in [0.1, 0.15) is 45.7 Å². The van der Waals surface area contributed by atoms with Crippen LogP contribution in [0.5, 0.6) is 0 Å². The summed E-state index contributed by atoms with van der Waals surface area (Å²) < 4.78 is 23.4. The molecule has 2 fully saturated rings. The summed E-state index contributed by atoms with van der Waals surface area (Å²) >= 11 is 0. The first-order valence-electron chi connectivity index (χ1n) is 10.8. The van der Waals surface area contributed by atoms with E-state index in [0.29, 0.717) is 23.8 Å². The van der Waals surface area contributed by atoms with E-state index < -0.39 is 42.4 Å². The maximum Gasteiger partial charge on any atom is 0.303 e. The van der Waals surface area contributed by atoms with Gasteiger partial charge in [0, 0.05) is 27.3 Å². The number of fused-ring (bicyclic) bond motifs is 1. The van der Waals surface area contributed by atoms with Crippen LogP contribution < -0.4 is 5.32 Å². The van der Waals surface area contributed by atoms with Crippen LogP contribution in [0.3, 0.4) is 0 Å². The summed E-state index contributed by atoms with van der Waals surface area (Å²) in [6.07, 6.45) is -0.441. The zero-order valence-corrected chi connectivity index (χ0v) is 18.9. The minimum absolute atomic E-state index is 0.0809. The third-order valence-corrected chi connectivity index (χ3v) is 5.39. The second-order valence-corrected chi connectivity index (χ2v) is 8.17. The van der Waals surface area contributed by atoms with Gasteiger partial charge in [-0.05, 0) is 18.8 Å². The lowest BCUT2D eigenvalue weighted by Gasteiger charge is -2.23. The molecule has 0 amide bonds. The summed E-state index contributed by atoms with van der Waals surface area (Å²) in [5.41, 5.74) is 0.666. The maximum atomic E-state index is 11.9. The van der Waals surface area contributed by atoms with Gasteiger partial charge in [-0.3, -0.25) is 19.0 Å². The Morgan fingerprint density at radius 1 is 1.15 bits per heavy atom. The van der Waals surface area contributed by atoms with Crippen LogP contribution in [0.4, 0.5) is 5.82 Å². The molecule has 13 nitrogen and oxygen atoms in total. The van der Waals surface area contributed by atoms with Crippen molar-refractivity contribution < 1.29 is 33.3 Å². The quantitative estimate of drug-likeness (QED) is 0.425. The highest BCUT2D eigenvalue weighted by atomic mass is 16.7. The number of carbonyl (C=O) groups is 3. The van der Waals surface area contributed by atoms with E-state index in [4.69, 9.17) is 18.9 Å². The molecule has 3 heterocycles. The van der Waals surface area contributed by atoms with Crippen LogP contribution >= 0.6 is 0 Å². The number of hydrogen-bond donors (Lipinski definition) is 1.